The summed E-state index contributed by atoms with van der Waals surface area (Å²) in [7, 11) is -3.92. The van der Waals surface area contributed by atoms with Gasteiger partial charge >= 0.3 is 5.97 Å². The van der Waals surface area contributed by atoms with Gasteiger partial charge in [0.1, 0.15) is 6.04 Å². The number of carbonyl (C=O) groups excluding carboxylic acids is 1. The fourth-order valence-electron chi connectivity index (χ4n) is 3.15. The van der Waals surface area contributed by atoms with E-state index in [0.29, 0.717) is 16.7 Å². The topological polar surface area (TPSA) is 127 Å². The molecule has 0 heterocycles. The number of halogens is 2. The van der Waals surface area contributed by atoms with Crippen molar-refractivity contribution >= 4 is 45.1 Å². The number of amides is 1. The minimum absolute atomic E-state index is 0.00275. The van der Waals surface area contributed by atoms with Crippen molar-refractivity contribution in [3.8, 4) is 11.1 Å². The van der Waals surface area contributed by atoms with Crippen LogP contribution in [0.2, 0.25) is 10.0 Å². The van der Waals surface area contributed by atoms with Gasteiger partial charge < -0.3 is 10.4 Å². The van der Waals surface area contributed by atoms with E-state index in [4.69, 9.17) is 28.3 Å². The Morgan fingerprint density at radius 2 is 1.53 bits per heavy atom. The summed E-state index contributed by atoms with van der Waals surface area (Å²) < 4.78 is 23.7. The number of hydrogen-bond donors (Lipinski definition) is 3. The highest BCUT2D eigenvalue weighted by Gasteiger charge is 2.24. The molecule has 1 amide bonds. The Morgan fingerprint density at radius 3 is 2.09 bits per heavy atom. The first-order valence-corrected chi connectivity index (χ1v) is 11.6. The van der Waals surface area contributed by atoms with Gasteiger partial charge in [0.25, 0.3) is 5.91 Å². The number of sulfonamides is 1. The van der Waals surface area contributed by atoms with E-state index in [9.17, 15) is 23.1 Å². The number of hydrogen-bond acceptors (Lipinski definition) is 4. The van der Waals surface area contributed by atoms with E-state index in [1.165, 1.54) is 18.2 Å². The number of benzene rings is 3. The SMILES string of the molecule is NS(=O)(=O)c1ccccc1-c1ccc(C[C@H](NC(=O)c2c(Cl)cccc2Cl)C(=O)O)cc1. The van der Waals surface area contributed by atoms with Gasteiger partial charge in [0.15, 0.2) is 0 Å². The molecule has 0 fully saturated rings. The molecule has 0 bridgehead atoms. The van der Waals surface area contributed by atoms with Crippen LogP contribution in [0.25, 0.3) is 11.1 Å². The maximum Gasteiger partial charge on any atom is 0.326 e. The van der Waals surface area contributed by atoms with Gasteiger partial charge in [-0.2, -0.15) is 0 Å². The van der Waals surface area contributed by atoms with Gasteiger partial charge in [-0.25, -0.2) is 18.4 Å². The van der Waals surface area contributed by atoms with Crippen LogP contribution in [0.4, 0.5) is 0 Å². The van der Waals surface area contributed by atoms with Crippen LogP contribution in [0, 0.1) is 0 Å². The highest BCUT2D eigenvalue weighted by Crippen LogP contribution is 2.27. The number of rotatable bonds is 7. The average molecular weight is 493 g/mol. The Labute approximate surface area is 194 Å². The highest BCUT2D eigenvalue weighted by atomic mass is 35.5. The molecule has 166 valence electrons. The fourth-order valence-corrected chi connectivity index (χ4v) is 4.48. The number of carboxylic acids is 1. The molecule has 4 N–H and O–H groups in total. The molecule has 32 heavy (non-hydrogen) atoms. The zero-order valence-corrected chi connectivity index (χ0v) is 18.8. The van der Waals surface area contributed by atoms with Crippen molar-refractivity contribution in [2.75, 3.05) is 0 Å². The third-order valence-electron chi connectivity index (χ3n) is 4.69. The molecule has 7 nitrogen and oxygen atoms in total. The normalized spacial score (nSPS) is 12.2. The molecule has 0 spiro atoms. The van der Waals surface area contributed by atoms with Gasteiger partial charge in [-0.15, -0.1) is 0 Å². The standard InChI is InChI=1S/C22H18Cl2N2O5S/c23-16-5-3-6-17(24)20(16)21(27)26-18(22(28)29)12-13-8-10-14(11-9-13)15-4-1-2-7-19(15)32(25,30)31/h1-11,18H,12H2,(H,26,27)(H,28,29)(H2,25,30,31)/t18-/m0/s1. The number of nitrogens with two attached hydrogens (primary N) is 1. The van der Waals surface area contributed by atoms with E-state index in [0.717, 1.165) is 0 Å². The van der Waals surface area contributed by atoms with Crippen LogP contribution in [0.5, 0.6) is 0 Å². The molecule has 3 aromatic rings. The van der Waals surface area contributed by atoms with Gasteiger partial charge in [-0.3, -0.25) is 4.79 Å². The molecule has 0 unspecified atom stereocenters. The van der Waals surface area contributed by atoms with Crippen molar-refractivity contribution in [2.24, 2.45) is 5.14 Å². The summed E-state index contributed by atoms with van der Waals surface area (Å²) in [5, 5.41) is 17.5. The molecule has 0 aliphatic rings. The van der Waals surface area contributed by atoms with Crippen molar-refractivity contribution in [2.45, 2.75) is 17.4 Å². The monoisotopic (exact) mass is 492 g/mol. The van der Waals surface area contributed by atoms with Crippen molar-refractivity contribution < 1.29 is 23.1 Å². The Kier molecular flexibility index (Phi) is 7.20. The van der Waals surface area contributed by atoms with Gasteiger partial charge in [-0.05, 0) is 29.3 Å². The Morgan fingerprint density at radius 1 is 0.938 bits per heavy atom. The number of aliphatic carboxylic acids is 1. The quantitative estimate of drug-likeness (QED) is 0.462. The molecule has 0 radical (unpaired) electrons. The third-order valence-corrected chi connectivity index (χ3v) is 6.29. The van der Waals surface area contributed by atoms with E-state index in [1.54, 1.807) is 48.5 Å². The van der Waals surface area contributed by atoms with E-state index in [-0.39, 0.29) is 26.9 Å². The minimum atomic E-state index is -3.92. The van der Waals surface area contributed by atoms with Gasteiger partial charge in [0.05, 0.1) is 20.5 Å². The molecular weight excluding hydrogens is 475 g/mol. The largest absolute Gasteiger partial charge is 0.480 e. The van der Waals surface area contributed by atoms with Crippen molar-refractivity contribution in [3.05, 3.63) is 87.9 Å². The molecule has 10 heteroatoms. The molecule has 0 aliphatic heterocycles. The highest BCUT2D eigenvalue weighted by molar-refractivity contribution is 7.89. The van der Waals surface area contributed by atoms with Crippen LogP contribution >= 0.6 is 23.2 Å². The van der Waals surface area contributed by atoms with Crippen molar-refractivity contribution in [1.29, 1.82) is 0 Å². The van der Waals surface area contributed by atoms with Crippen molar-refractivity contribution in [3.63, 3.8) is 0 Å². The summed E-state index contributed by atoms with van der Waals surface area (Å²) in [4.78, 5) is 24.3. The Hall–Kier alpha value is -2.91. The zero-order valence-electron chi connectivity index (χ0n) is 16.5. The molecule has 3 rings (SSSR count). The third kappa shape index (κ3) is 5.46. The smallest absolute Gasteiger partial charge is 0.326 e. The molecule has 1 atom stereocenters. The van der Waals surface area contributed by atoms with Crippen LogP contribution in [0.3, 0.4) is 0 Å². The number of primary sulfonamides is 1. The van der Waals surface area contributed by atoms with Crippen LogP contribution in [0.15, 0.2) is 71.6 Å². The lowest BCUT2D eigenvalue weighted by Crippen LogP contribution is -2.42. The maximum absolute atomic E-state index is 12.5. The zero-order chi connectivity index (χ0) is 23.5. The van der Waals surface area contributed by atoms with Crippen LogP contribution in [0.1, 0.15) is 15.9 Å². The van der Waals surface area contributed by atoms with E-state index in [2.05, 4.69) is 5.32 Å². The van der Waals surface area contributed by atoms with E-state index in [1.807, 2.05) is 0 Å². The van der Waals surface area contributed by atoms with Gasteiger partial charge in [-0.1, -0.05) is 71.7 Å². The maximum atomic E-state index is 12.5. The van der Waals surface area contributed by atoms with E-state index >= 15 is 0 Å². The summed E-state index contributed by atoms with van der Waals surface area (Å²) in [6, 6.07) is 16.2. The second-order valence-corrected chi connectivity index (χ2v) is 9.25. The molecule has 3 aromatic carbocycles. The first-order chi connectivity index (χ1) is 15.1. The second-order valence-electron chi connectivity index (χ2n) is 6.90. The first kappa shape index (κ1) is 23.7. The molecular formula is C22H18Cl2N2O5S. The van der Waals surface area contributed by atoms with Crippen LogP contribution in [-0.4, -0.2) is 31.4 Å². The lowest BCUT2D eigenvalue weighted by molar-refractivity contribution is -0.139. The summed E-state index contributed by atoms with van der Waals surface area (Å²) in [6.45, 7) is 0. The fraction of sp³-hybridized carbons (Fsp3) is 0.0909. The van der Waals surface area contributed by atoms with Gasteiger partial charge in [0, 0.05) is 12.0 Å². The molecule has 0 saturated heterocycles. The first-order valence-electron chi connectivity index (χ1n) is 9.26. The van der Waals surface area contributed by atoms with Crippen LogP contribution in [-0.2, 0) is 21.2 Å². The predicted molar refractivity (Wildman–Crippen MR) is 122 cm³/mol. The Balaban J connectivity index is 1.82. The lowest BCUT2D eigenvalue weighted by Gasteiger charge is -2.16. The summed E-state index contributed by atoms with van der Waals surface area (Å²) in [5.41, 5.74) is 1.63. The molecule has 0 aliphatic carbocycles. The molecule has 0 aromatic heterocycles. The number of carbonyl (C=O) groups is 2. The summed E-state index contributed by atoms with van der Waals surface area (Å²) >= 11 is 12.0. The molecule has 0 saturated carbocycles. The number of nitrogens with one attached hydrogen (secondary N) is 1. The lowest BCUT2D eigenvalue weighted by atomic mass is 10.0. The summed E-state index contributed by atoms with van der Waals surface area (Å²) in [5.74, 6) is -1.93. The second kappa shape index (κ2) is 9.70. The summed E-state index contributed by atoms with van der Waals surface area (Å²) in [6.07, 6.45) is -0.0136. The minimum Gasteiger partial charge on any atom is -0.480 e. The van der Waals surface area contributed by atoms with Crippen molar-refractivity contribution in [1.82, 2.24) is 5.32 Å². The average Bonchev–Trinajstić information content (AvgIpc) is 2.73. The van der Waals surface area contributed by atoms with Gasteiger partial charge in [0.2, 0.25) is 10.0 Å². The Bertz CT molecular complexity index is 1260. The van der Waals surface area contributed by atoms with E-state index < -0.39 is 27.9 Å². The predicted octanol–water partition coefficient (Wildman–Crippen LogP) is 3.73. The van der Waals surface area contributed by atoms with Crippen LogP contribution < -0.4 is 10.5 Å². The number of carboxylic acid groups (broad SMARTS) is 1.